The molecule has 2 amide bonds. The van der Waals surface area contributed by atoms with Crippen LogP contribution in [-0.2, 0) is 9.59 Å². The number of hydrogen-bond donors (Lipinski definition) is 3. The molecule has 0 aliphatic rings. The molecule has 0 saturated carbocycles. The van der Waals surface area contributed by atoms with Crippen LogP contribution in [0.2, 0.25) is 0 Å². The first kappa shape index (κ1) is 18.9. The molecule has 0 saturated heterocycles. The van der Waals surface area contributed by atoms with Gasteiger partial charge in [-0.15, -0.1) is 0 Å². The van der Waals surface area contributed by atoms with Crippen LogP contribution in [0.4, 0.5) is 0 Å². The fraction of sp³-hybridized carbons (Fsp3) is 0.867. The third-order valence-electron chi connectivity index (χ3n) is 2.78. The predicted octanol–water partition coefficient (Wildman–Crippen LogP) is 1.43. The van der Waals surface area contributed by atoms with Crippen molar-refractivity contribution in [2.45, 2.75) is 59.9 Å². The molecule has 5 nitrogen and oxygen atoms in total. The average Bonchev–Trinajstić information content (AvgIpc) is 2.31. The Labute approximate surface area is 123 Å². The van der Waals surface area contributed by atoms with Crippen molar-refractivity contribution < 1.29 is 9.59 Å². The molecule has 5 heteroatoms. The smallest absolute Gasteiger partial charge is 0.221 e. The van der Waals surface area contributed by atoms with Gasteiger partial charge in [-0.25, -0.2) is 0 Å². The monoisotopic (exact) mass is 285 g/mol. The molecule has 0 radical (unpaired) electrons. The minimum absolute atomic E-state index is 0.0158. The normalized spacial score (nSPS) is 11.5. The van der Waals surface area contributed by atoms with E-state index in [9.17, 15) is 9.59 Å². The molecule has 0 aliphatic carbocycles. The maximum atomic E-state index is 11.5. The van der Waals surface area contributed by atoms with Crippen molar-refractivity contribution >= 4 is 11.8 Å². The van der Waals surface area contributed by atoms with Crippen molar-refractivity contribution in [3.63, 3.8) is 0 Å². The Morgan fingerprint density at radius 3 is 1.85 bits per heavy atom. The largest absolute Gasteiger partial charge is 0.354 e. The number of carbonyl (C=O) groups is 2. The minimum Gasteiger partial charge on any atom is -0.354 e. The van der Waals surface area contributed by atoms with E-state index < -0.39 is 0 Å². The van der Waals surface area contributed by atoms with E-state index in [-0.39, 0.29) is 17.2 Å². The van der Waals surface area contributed by atoms with Crippen LogP contribution < -0.4 is 16.0 Å². The Morgan fingerprint density at radius 2 is 1.40 bits per heavy atom. The van der Waals surface area contributed by atoms with Gasteiger partial charge in [0, 0.05) is 38.5 Å². The summed E-state index contributed by atoms with van der Waals surface area (Å²) in [5.74, 6) is 0.0674. The second-order valence-corrected chi connectivity index (χ2v) is 6.62. The molecule has 0 bridgehead atoms. The first-order valence-electron chi connectivity index (χ1n) is 7.47. The summed E-state index contributed by atoms with van der Waals surface area (Å²) in [6, 6.07) is 0.393. The second kappa shape index (κ2) is 9.75. The number of rotatable bonds is 9. The molecular formula is C15H31N3O2. The molecule has 118 valence electrons. The van der Waals surface area contributed by atoms with Crippen molar-refractivity contribution in [3.8, 4) is 0 Å². The van der Waals surface area contributed by atoms with Crippen molar-refractivity contribution in [2.75, 3.05) is 19.6 Å². The highest BCUT2D eigenvalue weighted by Crippen LogP contribution is 2.19. The Morgan fingerprint density at radius 1 is 0.900 bits per heavy atom. The van der Waals surface area contributed by atoms with E-state index in [2.05, 4.69) is 36.7 Å². The first-order chi connectivity index (χ1) is 9.20. The van der Waals surface area contributed by atoms with E-state index >= 15 is 0 Å². The van der Waals surface area contributed by atoms with Crippen LogP contribution in [0.15, 0.2) is 0 Å². The van der Waals surface area contributed by atoms with Gasteiger partial charge in [-0.05, 0) is 11.8 Å². The molecular weight excluding hydrogens is 254 g/mol. The standard InChI is InChI=1S/C15H31N3O2/c1-12(2)16-9-7-14(20)18-11-10-17-13(19)6-8-15(3,4)5/h12,16H,6-11H2,1-5H3,(H,17,19)(H,18,20). The minimum atomic E-state index is 0.0158. The van der Waals surface area contributed by atoms with Gasteiger partial charge in [0.2, 0.25) is 11.8 Å². The fourth-order valence-electron chi connectivity index (χ4n) is 1.54. The molecule has 0 aromatic heterocycles. The second-order valence-electron chi connectivity index (χ2n) is 6.62. The average molecular weight is 285 g/mol. The van der Waals surface area contributed by atoms with Crippen LogP contribution in [0.3, 0.4) is 0 Å². The Balaban J connectivity index is 3.51. The molecule has 0 rings (SSSR count). The summed E-state index contributed by atoms with van der Waals surface area (Å²) in [6.45, 7) is 12.1. The van der Waals surface area contributed by atoms with Crippen LogP contribution in [0.1, 0.15) is 53.9 Å². The van der Waals surface area contributed by atoms with E-state index in [4.69, 9.17) is 0 Å². The molecule has 0 atom stereocenters. The van der Waals surface area contributed by atoms with E-state index in [1.807, 2.05) is 13.8 Å². The first-order valence-corrected chi connectivity index (χ1v) is 7.47. The summed E-state index contributed by atoms with van der Waals surface area (Å²) in [6.07, 6.45) is 1.87. The Bertz CT molecular complexity index is 296. The van der Waals surface area contributed by atoms with E-state index in [1.165, 1.54) is 0 Å². The van der Waals surface area contributed by atoms with Crippen LogP contribution in [0.25, 0.3) is 0 Å². The topological polar surface area (TPSA) is 70.2 Å². The maximum absolute atomic E-state index is 11.5. The van der Waals surface area contributed by atoms with Gasteiger partial charge >= 0.3 is 0 Å². The van der Waals surface area contributed by atoms with Crippen molar-refractivity contribution in [1.29, 1.82) is 0 Å². The predicted molar refractivity (Wildman–Crippen MR) is 82.5 cm³/mol. The van der Waals surface area contributed by atoms with Gasteiger partial charge in [0.1, 0.15) is 0 Å². The van der Waals surface area contributed by atoms with Gasteiger partial charge in [0.25, 0.3) is 0 Å². The lowest BCUT2D eigenvalue weighted by Crippen LogP contribution is -2.36. The highest BCUT2D eigenvalue weighted by atomic mass is 16.2. The molecule has 0 spiro atoms. The third kappa shape index (κ3) is 13.3. The summed E-state index contributed by atoms with van der Waals surface area (Å²) in [5.41, 5.74) is 0.176. The summed E-state index contributed by atoms with van der Waals surface area (Å²) in [5, 5.41) is 8.79. The zero-order valence-electron chi connectivity index (χ0n) is 13.6. The van der Waals surface area contributed by atoms with Gasteiger partial charge in [-0.3, -0.25) is 9.59 Å². The number of amides is 2. The maximum Gasteiger partial charge on any atom is 0.221 e. The number of carbonyl (C=O) groups excluding carboxylic acids is 2. The van der Waals surface area contributed by atoms with E-state index in [1.54, 1.807) is 0 Å². The Kier molecular flexibility index (Phi) is 9.21. The fourth-order valence-corrected chi connectivity index (χ4v) is 1.54. The highest BCUT2D eigenvalue weighted by molar-refractivity contribution is 5.77. The summed E-state index contributed by atoms with van der Waals surface area (Å²) in [4.78, 5) is 23.0. The molecule has 3 N–H and O–H groups in total. The van der Waals surface area contributed by atoms with Crippen LogP contribution in [-0.4, -0.2) is 37.5 Å². The van der Waals surface area contributed by atoms with Crippen molar-refractivity contribution in [2.24, 2.45) is 5.41 Å². The number of hydrogen-bond acceptors (Lipinski definition) is 3. The summed E-state index contributed by atoms with van der Waals surface area (Å²) >= 11 is 0. The van der Waals surface area contributed by atoms with Gasteiger partial charge in [-0.2, -0.15) is 0 Å². The molecule has 0 heterocycles. The lowest BCUT2D eigenvalue weighted by molar-refractivity contribution is -0.123. The van der Waals surface area contributed by atoms with Crippen LogP contribution >= 0.6 is 0 Å². The molecule has 0 fully saturated rings. The molecule has 0 unspecified atom stereocenters. The lowest BCUT2D eigenvalue weighted by Gasteiger charge is -2.17. The zero-order valence-corrected chi connectivity index (χ0v) is 13.6. The van der Waals surface area contributed by atoms with E-state index in [0.29, 0.717) is 38.5 Å². The molecule has 0 aliphatic heterocycles. The zero-order chi connectivity index (χ0) is 15.6. The van der Waals surface area contributed by atoms with Gasteiger partial charge in [0.15, 0.2) is 0 Å². The Hall–Kier alpha value is -1.10. The molecule has 20 heavy (non-hydrogen) atoms. The van der Waals surface area contributed by atoms with Crippen LogP contribution in [0, 0.1) is 5.41 Å². The highest BCUT2D eigenvalue weighted by Gasteiger charge is 2.12. The number of nitrogens with one attached hydrogen (secondary N) is 3. The van der Waals surface area contributed by atoms with E-state index in [0.717, 1.165) is 6.42 Å². The van der Waals surface area contributed by atoms with Gasteiger partial charge in [-0.1, -0.05) is 34.6 Å². The molecule has 0 aromatic rings. The van der Waals surface area contributed by atoms with Gasteiger partial charge < -0.3 is 16.0 Å². The summed E-state index contributed by atoms with van der Waals surface area (Å²) in [7, 11) is 0. The van der Waals surface area contributed by atoms with Crippen molar-refractivity contribution in [3.05, 3.63) is 0 Å². The SMILES string of the molecule is CC(C)NCCC(=O)NCCNC(=O)CCC(C)(C)C. The quantitative estimate of drug-likeness (QED) is 0.561. The van der Waals surface area contributed by atoms with Crippen LogP contribution in [0.5, 0.6) is 0 Å². The van der Waals surface area contributed by atoms with Gasteiger partial charge in [0.05, 0.1) is 0 Å². The lowest BCUT2D eigenvalue weighted by atomic mass is 9.90. The van der Waals surface area contributed by atoms with Crippen molar-refractivity contribution in [1.82, 2.24) is 16.0 Å². The molecule has 0 aromatic carbocycles. The summed E-state index contributed by atoms with van der Waals surface area (Å²) < 4.78 is 0. The third-order valence-corrected chi connectivity index (χ3v) is 2.78.